The lowest BCUT2D eigenvalue weighted by Crippen LogP contribution is -2.08. The van der Waals surface area contributed by atoms with Gasteiger partial charge >= 0.3 is 10.8 Å². The molecule has 0 aliphatic carbocycles. The van der Waals surface area contributed by atoms with Gasteiger partial charge in [-0.25, -0.2) is 0 Å². The molecule has 4 rings (SSSR count). The van der Waals surface area contributed by atoms with Crippen LogP contribution < -0.4 is 27.7 Å². The third-order valence-corrected chi connectivity index (χ3v) is 6.02. The predicted octanol–water partition coefficient (Wildman–Crippen LogP) is 7.72. The SMILES string of the molecule is Nc1cc(C(F)(F)Cl)cc(N)c1-c1ccccc1Oc1ccccc1-c1c(N)cc(C(F)(F)Cl)cc1N. The number of alkyl halides is 6. The highest BCUT2D eigenvalue weighted by atomic mass is 35.5. The summed E-state index contributed by atoms with van der Waals surface area (Å²) in [6.07, 6.45) is 0. The Morgan fingerprint density at radius 2 is 0.838 bits per heavy atom. The maximum absolute atomic E-state index is 13.6. The number of nitrogen functional groups attached to an aromatic ring is 4. The number of halogens is 6. The molecule has 0 amide bonds. The third kappa shape index (κ3) is 5.33. The third-order valence-electron chi connectivity index (χ3n) is 5.59. The topological polar surface area (TPSA) is 113 Å². The molecule has 0 atom stereocenters. The number of para-hydroxylation sites is 2. The van der Waals surface area contributed by atoms with E-state index in [1.807, 2.05) is 0 Å². The fraction of sp³-hybridized carbons (Fsp3) is 0.0769. The molecular weight excluding hydrogens is 531 g/mol. The molecule has 0 bridgehead atoms. The minimum Gasteiger partial charge on any atom is -0.456 e. The number of ether oxygens (including phenoxy) is 1. The summed E-state index contributed by atoms with van der Waals surface area (Å²) in [5, 5.41) is -7.31. The van der Waals surface area contributed by atoms with E-state index in [2.05, 4.69) is 0 Å². The van der Waals surface area contributed by atoms with Gasteiger partial charge in [-0.05, 0) is 59.6 Å². The maximum Gasteiger partial charge on any atom is 0.348 e. The molecule has 8 N–H and O–H groups in total. The van der Waals surface area contributed by atoms with Crippen molar-refractivity contribution in [3.8, 4) is 33.8 Å². The summed E-state index contributed by atoms with van der Waals surface area (Å²) >= 11 is 10.3. The number of nitrogens with two attached hydrogens (primary N) is 4. The second kappa shape index (κ2) is 9.57. The van der Waals surface area contributed by atoms with Gasteiger partial charge in [-0.15, -0.1) is 0 Å². The lowest BCUT2D eigenvalue weighted by molar-refractivity contribution is 0.0947. The molecule has 4 aromatic carbocycles. The van der Waals surface area contributed by atoms with Crippen LogP contribution in [0.5, 0.6) is 11.5 Å². The van der Waals surface area contributed by atoms with Crippen molar-refractivity contribution in [3.63, 3.8) is 0 Å². The van der Waals surface area contributed by atoms with Crippen LogP contribution in [0.4, 0.5) is 40.3 Å². The van der Waals surface area contributed by atoms with Gasteiger partial charge in [0.2, 0.25) is 0 Å². The molecule has 0 fully saturated rings. The Hall–Kier alpha value is -3.82. The van der Waals surface area contributed by atoms with Crippen molar-refractivity contribution in [3.05, 3.63) is 83.9 Å². The summed E-state index contributed by atoms with van der Waals surface area (Å²) < 4.78 is 60.7. The number of benzene rings is 4. The van der Waals surface area contributed by atoms with Crippen molar-refractivity contribution in [2.45, 2.75) is 10.8 Å². The van der Waals surface area contributed by atoms with Crippen LogP contribution in [0.3, 0.4) is 0 Å². The van der Waals surface area contributed by atoms with E-state index < -0.39 is 21.9 Å². The van der Waals surface area contributed by atoms with Crippen LogP contribution in [0.15, 0.2) is 72.8 Å². The molecule has 0 aliphatic rings. The smallest absolute Gasteiger partial charge is 0.348 e. The Bertz CT molecular complexity index is 1330. The molecule has 5 nitrogen and oxygen atoms in total. The summed E-state index contributed by atoms with van der Waals surface area (Å²) in [5.74, 6) is 0.555. The monoisotopic (exact) mass is 550 g/mol. The summed E-state index contributed by atoms with van der Waals surface area (Å²) in [4.78, 5) is 0. The first kappa shape index (κ1) is 26.2. The Morgan fingerprint density at radius 3 is 1.14 bits per heavy atom. The molecule has 37 heavy (non-hydrogen) atoms. The molecular formula is C26H20Cl2F4N4O. The van der Waals surface area contributed by atoms with E-state index in [9.17, 15) is 17.6 Å². The van der Waals surface area contributed by atoms with Crippen molar-refractivity contribution in [2.75, 3.05) is 22.9 Å². The average Bonchev–Trinajstić information content (AvgIpc) is 2.79. The Balaban J connectivity index is 1.82. The lowest BCUT2D eigenvalue weighted by atomic mass is 9.97. The van der Waals surface area contributed by atoms with Crippen LogP contribution in [0, 0.1) is 0 Å². The van der Waals surface area contributed by atoms with E-state index in [0.717, 1.165) is 24.3 Å². The molecule has 0 aromatic heterocycles. The molecule has 0 saturated carbocycles. The summed E-state index contributed by atoms with van der Waals surface area (Å²) in [7, 11) is 0. The number of rotatable bonds is 6. The van der Waals surface area contributed by atoms with Gasteiger partial charge in [-0.1, -0.05) is 36.4 Å². The van der Waals surface area contributed by atoms with Crippen molar-refractivity contribution < 1.29 is 22.3 Å². The van der Waals surface area contributed by atoms with Gasteiger partial charge in [-0.3, -0.25) is 0 Å². The number of hydrogen-bond donors (Lipinski definition) is 4. The highest BCUT2D eigenvalue weighted by Gasteiger charge is 2.31. The van der Waals surface area contributed by atoms with Gasteiger partial charge < -0.3 is 27.7 Å². The predicted molar refractivity (Wildman–Crippen MR) is 141 cm³/mol. The highest BCUT2D eigenvalue weighted by molar-refractivity contribution is 6.22. The van der Waals surface area contributed by atoms with Crippen LogP contribution in [0.1, 0.15) is 11.1 Å². The largest absolute Gasteiger partial charge is 0.456 e. The van der Waals surface area contributed by atoms with Crippen molar-refractivity contribution in [1.82, 2.24) is 0 Å². The zero-order valence-corrected chi connectivity index (χ0v) is 20.4. The minimum absolute atomic E-state index is 0.0364. The molecule has 192 valence electrons. The van der Waals surface area contributed by atoms with Crippen molar-refractivity contribution in [1.29, 1.82) is 0 Å². The Morgan fingerprint density at radius 1 is 0.541 bits per heavy atom. The first-order valence-corrected chi connectivity index (χ1v) is 11.4. The van der Waals surface area contributed by atoms with Gasteiger partial charge in [0.05, 0.1) is 0 Å². The van der Waals surface area contributed by atoms with Gasteiger partial charge in [0.25, 0.3) is 0 Å². The number of anilines is 4. The summed E-state index contributed by atoms with van der Waals surface area (Å²) in [6, 6.07) is 17.5. The van der Waals surface area contributed by atoms with E-state index in [4.69, 9.17) is 50.9 Å². The van der Waals surface area contributed by atoms with Gasteiger partial charge in [0.1, 0.15) is 11.5 Å². The fourth-order valence-electron chi connectivity index (χ4n) is 3.97. The standard InChI is InChI=1S/C26H20Cl2F4N4O/c27-25(29,30)13-9-17(33)23(18(34)10-13)15-5-1-3-7-21(15)37-22-8-4-2-6-16(22)24-19(35)11-14(12-20(24)36)26(28,31)32/h1-12H,33-36H2. The van der Waals surface area contributed by atoms with Crippen LogP contribution in [0.25, 0.3) is 22.3 Å². The zero-order chi connectivity index (χ0) is 27.1. The maximum atomic E-state index is 13.6. The quantitative estimate of drug-likeness (QED) is 0.111. The van der Waals surface area contributed by atoms with Crippen LogP contribution in [0.2, 0.25) is 0 Å². The fourth-order valence-corrected chi connectivity index (χ4v) is 4.19. The number of hydrogen-bond acceptors (Lipinski definition) is 5. The second-order valence-corrected chi connectivity index (χ2v) is 9.10. The van der Waals surface area contributed by atoms with Crippen molar-refractivity contribution >= 4 is 46.0 Å². The lowest BCUT2D eigenvalue weighted by Gasteiger charge is -2.20. The van der Waals surface area contributed by atoms with E-state index >= 15 is 0 Å². The molecule has 4 aromatic rings. The Labute approximate surface area is 219 Å². The normalized spacial score (nSPS) is 11.9. The average molecular weight is 551 g/mol. The molecule has 0 saturated heterocycles. The molecule has 11 heteroatoms. The van der Waals surface area contributed by atoms with E-state index in [1.54, 1.807) is 48.5 Å². The summed E-state index contributed by atoms with van der Waals surface area (Å²) in [5.41, 5.74) is 24.5. The first-order valence-electron chi connectivity index (χ1n) is 10.7. The van der Waals surface area contributed by atoms with Gasteiger partial charge in [0, 0.05) is 56.1 Å². The minimum atomic E-state index is -3.65. The van der Waals surface area contributed by atoms with E-state index in [-0.39, 0.29) is 45.4 Å². The highest BCUT2D eigenvalue weighted by Crippen LogP contribution is 2.46. The van der Waals surface area contributed by atoms with E-state index in [1.165, 1.54) is 0 Å². The zero-order valence-electron chi connectivity index (χ0n) is 18.9. The Kier molecular flexibility index (Phi) is 6.79. The molecule has 0 aliphatic heterocycles. The van der Waals surface area contributed by atoms with Gasteiger partial charge in [0.15, 0.2) is 0 Å². The second-order valence-electron chi connectivity index (χ2n) is 8.15. The van der Waals surface area contributed by atoms with Crippen LogP contribution in [-0.4, -0.2) is 0 Å². The molecule has 0 radical (unpaired) electrons. The molecule has 0 heterocycles. The van der Waals surface area contributed by atoms with Crippen LogP contribution in [-0.2, 0) is 10.8 Å². The van der Waals surface area contributed by atoms with Gasteiger partial charge in [-0.2, -0.15) is 17.6 Å². The van der Waals surface area contributed by atoms with Crippen molar-refractivity contribution in [2.24, 2.45) is 0 Å². The van der Waals surface area contributed by atoms with E-state index in [0.29, 0.717) is 11.1 Å². The summed E-state index contributed by atoms with van der Waals surface area (Å²) in [6.45, 7) is 0. The molecule has 0 spiro atoms. The first-order chi connectivity index (χ1) is 17.3. The van der Waals surface area contributed by atoms with Crippen LogP contribution >= 0.6 is 23.2 Å². The molecule has 0 unspecified atom stereocenters.